The number of amides is 1. The Morgan fingerprint density at radius 2 is 1.65 bits per heavy atom. The number of hydrogen-bond acceptors (Lipinski definition) is 4. The number of carbonyl (C=O) groups is 1. The summed E-state index contributed by atoms with van der Waals surface area (Å²) >= 11 is 1.53. The highest BCUT2D eigenvalue weighted by Gasteiger charge is 2.13. The summed E-state index contributed by atoms with van der Waals surface area (Å²) in [6, 6.07) is 10.2. The van der Waals surface area contributed by atoms with Gasteiger partial charge in [-0.2, -0.15) is 0 Å². The van der Waals surface area contributed by atoms with Gasteiger partial charge < -0.3 is 5.32 Å². The maximum Gasteiger partial charge on any atom is 0.238 e. The first-order chi connectivity index (χ1) is 12.1. The molecule has 26 heavy (non-hydrogen) atoms. The zero-order valence-electron chi connectivity index (χ0n) is 15.4. The molecule has 0 unspecified atom stereocenters. The van der Waals surface area contributed by atoms with Crippen LogP contribution < -0.4 is 10.5 Å². The molecule has 2 aromatic rings. The van der Waals surface area contributed by atoms with Gasteiger partial charge in [0.2, 0.25) is 15.9 Å². The van der Waals surface area contributed by atoms with Crippen molar-refractivity contribution < 1.29 is 13.2 Å². The Morgan fingerprint density at radius 1 is 1.12 bits per heavy atom. The Labute approximate surface area is 159 Å². The number of benzene rings is 2. The largest absolute Gasteiger partial charge is 0.349 e. The zero-order valence-corrected chi connectivity index (χ0v) is 17.0. The Bertz CT molecular complexity index is 884. The van der Waals surface area contributed by atoms with Crippen LogP contribution in [0.25, 0.3) is 0 Å². The molecule has 0 aromatic heterocycles. The number of thioether (sulfide) groups is 1. The monoisotopic (exact) mass is 392 g/mol. The van der Waals surface area contributed by atoms with Crippen molar-refractivity contribution in [3.63, 3.8) is 0 Å². The van der Waals surface area contributed by atoms with E-state index >= 15 is 0 Å². The lowest BCUT2D eigenvalue weighted by molar-refractivity contribution is -0.119. The lowest BCUT2D eigenvalue weighted by Gasteiger charge is -2.15. The minimum Gasteiger partial charge on any atom is -0.349 e. The van der Waals surface area contributed by atoms with Gasteiger partial charge in [0.25, 0.3) is 0 Å². The second-order valence-corrected chi connectivity index (χ2v) is 8.97. The smallest absolute Gasteiger partial charge is 0.238 e. The second-order valence-electron chi connectivity index (χ2n) is 6.42. The van der Waals surface area contributed by atoms with Gasteiger partial charge in [-0.1, -0.05) is 29.8 Å². The molecular weight excluding hydrogens is 368 g/mol. The summed E-state index contributed by atoms with van der Waals surface area (Å²) in [7, 11) is -3.71. The van der Waals surface area contributed by atoms with Crippen LogP contribution in [0.15, 0.2) is 46.2 Å². The topological polar surface area (TPSA) is 89.3 Å². The average Bonchev–Trinajstić information content (AvgIpc) is 2.53. The molecule has 2 aromatic carbocycles. The number of sulfonamides is 1. The SMILES string of the molecule is Cc1cc(C)c(SCC(=O)N[C@@H](C)c2ccc(S(N)(=O)=O)cc2)c(C)c1. The van der Waals surface area contributed by atoms with Crippen LogP contribution in [0.4, 0.5) is 0 Å². The van der Waals surface area contributed by atoms with Crippen LogP contribution in [0.5, 0.6) is 0 Å². The summed E-state index contributed by atoms with van der Waals surface area (Å²) in [5.74, 6) is 0.252. The third kappa shape index (κ3) is 5.33. The lowest BCUT2D eigenvalue weighted by Crippen LogP contribution is -2.28. The molecule has 0 saturated carbocycles. The fourth-order valence-electron chi connectivity index (χ4n) is 2.84. The molecule has 0 spiro atoms. The minimum absolute atomic E-state index is 0.0562. The molecule has 140 valence electrons. The van der Waals surface area contributed by atoms with Gasteiger partial charge in [-0.3, -0.25) is 4.79 Å². The van der Waals surface area contributed by atoms with Crippen molar-refractivity contribution in [2.24, 2.45) is 5.14 Å². The van der Waals surface area contributed by atoms with E-state index in [2.05, 4.69) is 38.2 Å². The van der Waals surface area contributed by atoms with Crippen LogP contribution in [0.3, 0.4) is 0 Å². The highest BCUT2D eigenvalue weighted by atomic mass is 32.2. The molecule has 0 aliphatic carbocycles. The van der Waals surface area contributed by atoms with Crippen molar-refractivity contribution in [2.45, 2.75) is 43.5 Å². The molecule has 0 fully saturated rings. The number of hydrogen-bond donors (Lipinski definition) is 2. The Kier molecular flexibility index (Phi) is 6.49. The first-order valence-electron chi connectivity index (χ1n) is 8.20. The summed E-state index contributed by atoms with van der Waals surface area (Å²) in [6.45, 7) is 8.02. The maximum absolute atomic E-state index is 12.3. The van der Waals surface area contributed by atoms with Crippen LogP contribution in [-0.2, 0) is 14.8 Å². The Balaban J connectivity index is 1.97. The number of rotatable bonds is 6. The molecule has 0 radical (unpaired) electrons. The van der Waals surface area contributed by atoms with Gasteiger partial charge in [-0.05, 0) is 56.5 Å². The van der Waals surface area contributed by atoms with Gasteiger partial charge in [0.1, 0.15) is 0 Å². The van der Waals surface area contributed by atoms with Crippen molar-refractivity contribution in [3.8, 4) is 0 Å². The van der Waals surface area contributed by atoms with Crippen molar-refractivity contribution in [1.82, 2.24) is 5.32 Å². The molecule has 0 bridgehead atoms. The third-order valence-electron chi connectivity index (χ3n) is 4.04. The van der Waals surface area contributed by atoms with E-state index in [0.29, 0.717) is 5.75 Å². The summed E-state index contributed by atoms with van der Waals surface area (Å²) in [4.78, 5) is 13.5. The molecule has 7 heteroatoms. The van der Waals surface area contributed by atoms with Crippen molar-refractivity contribution >= 4 is 27.7 Å². The maximum atomic E-state index is 12.3. The molecule has 0 saturated heterocycles. The molecular formula is C19H24N2O3S2. The van der Waals surface area contributed by atoms with E-state index in [1.54, 1.807) is 12.1 Å². The second kappa shape index (κ2) is 8.24. The number of aryl methyl sites for hydroxylation is 3. The molecule has 0 aliphatic rings. The Hall–Kier alpha value is -1.83. The number of primary sulfonamides is 1. The summed E-state index contributed by atoms with van der Waals surface area (Å²) in [6.07, 6.45) is 0. The van der Waals surface area contributed by atoms with E-state index in [9.17, 15) is 13.2 Å². The van der Waals surface area contributed by atoms with E-state index in [-0.39, 0.29) is 16.8 Å². The molecule has 1 amide bonds. The van der Waals surface area contributed by atoms with Gasteiger partial charge in [0.15, 0.2) is 0 Å². The van der Waals surface area contributed by atoms with Gasteiger partial charge >= 0.3 is 0 Å². The molecule has 5 nitrogen and oxygen atoms in total. The van der Waals surface area contributed by atoms with Crippen LogP contribution >= 0.6 is 11.8 Å². The lowest BCUT2D eigenvalue weighted by atomic mass is 10.1. The van der Waals surface area contributed by atoms with Crippen molar-refractivity contribution in [1.29, 1.82) is 0 Å². The first kappa shape index (κ1) is 20.5. The van der Waals surface area contributed by atoms with E-state index in [4.69, 9.17) is 5.14 Å². The van der Waals surface area contributed by atoms with Crippen molar-refractivity contribution in [2.75, 3.05) is 5.75 Å². The molecule has 3 N–H and O–H groups in total. The quantitative estimate of drug-likeness (QED) is 0.739. The van der Waals surface area contributed by atoms with Crippen LogP contribution in [0.2, 0.25) is 0 Å². The number of nitrogens with one attached hydrogen (secondary N) is 1. The number of carbonyl (C=O) groups excluding carboxylic acids is 1. The van der Waals surface area contributed by atoms with E-state index in [0.717, 1.165) is 10.5 Å². The van der Waals surface area contributed by atoms with Gasteiger partial charge in [-0.25, -0.2) is 13.6 Å². The van der Waals surface area contributed by atoms with Crippen molar-refractivity contribution in [3.05, 3.63) is 58.7 Å². The summed E-state index contributed by atoms with van der Waals surface area (Å²) < 4.78 is 22.6. The first-order valence-corrected chi connectivity index (χ1v) is 10.7. The van der Waals surface area contributed by atoms with Crippen LogP contribution in [0.1, 0.15) is 35.2 Å². The highest BCUT2D eigenvalue weighted by molar-refractivity contribution is 8.00. The molecule has 2 rings (SSSR count). The fourth-order valence-corrected chi connectivity index (χ4v) is 4.29. The van der Waals surface area contributed by atoms with E-state index in [1.807, 2.05) is 6.92 Å². The Morgan fingerprint density at radius 3 is 2.15 bits per heavy atom. The minimum atomic E-state index is -3.71. The molecule has 0 aliphatic heterocycles. The van der Waals surface area contributed by atoms with E-state index in [1.165, 1.54) is 40.6 Å². The predicted molar refractivity (Wildman–Crippen MR) is 106 cm³/mol. The van der Waals surface area contributed by atoms with E-state index < -0.39 is 10.0 Å². The third-order valence-corrected chi connectivity index (χ3v) is 6.31. The zero-order chi connectivity index (χ0) is 19.5. The highest BCUT2D eigenvalue weighted by Crippen LogP contribution is 2.27. The normalized spacial score (nSPS) is 12.7. The van der Waals surface area contributed by atoms with Crippen LogP contribution in [0, 0.1) is 20.8 Å². The van der Waals surface area contributed by atoms with Gasteiger partial charge in [0, 0.05) is 4.90 Å². The van der Waals surface area contributed by atoms with Crippen LogP contribution in [-0.4, -0.2) is 20.1 Å². The number of nitrogens with two attached hydrogens (primary N) is 1. The summed E-state index contributed by atoms with van der Waals surface area (Å²) in [5.41, 5.74) is 4.38. The standard InChI is InChI=1S/C19H24N2O3S2/c1-12-9-13(2)19(14(3)10-12)25-11-18(22)21-15(4)16-5-7-17(8-6-16)26(20,23)24/h5-10,15H,11H2,1-4H3,(H,21,22)(H2,20,23,24)/t15-/m0/s1. The predicted octanol–water partition coefficient (Wildman–Crippen LogP) is 3.23. The summed E-state index contributed by atoms with van der Waals surface area (Å²) in [5, 5.41) is 8.03. The average molecular weight is 393 g/mol. The molecule has 1 atom stereocenters. The fraction of sp³-hybridized carbons (Fsp3) is 0.316. The molecule has 0 heterocycles. The van der Waals surface area contributed by atoms with Gasteiger partial charge in [0.05, 0.1) is 16.7 Å². The van der Waals surface area contributed by atoms with Gasteiger partial charge in [-0.15, -0.1) is 11.8 Å².